The van der Waals surface area contributed by atoms with Gasteiger partial charge in [0.2, 0.25) is 5.91 Å². The molecule has 5 heteroatoms. The number of carbonyl (C=O) groups excluding carboxylic acids is 1. The predicted molar refractivity (Wildman–Crippen MR) is 72.9 cm³/mol. The molecule has 1 aliphatic rings. The molecule has 0 spiro atoms. The van der Waals surface area contributed by atoms with E-state index in [0.717, 1.165) is 16.8 Å². The summed E-state index contributed by atoms with van der Waals surface area (Å²) in [6.07, 6.45) is 4.44. The van der Waals surface area contributed by atoms with Crippen LogP contribution in [-0.2, 0) is 11.2 Å². The van der Waals surface area contributed by atoms with Crippen LogP contribution in [-0.4, -0.2) is 15.9 Å². The number of nitrogens with one attached hydrogen (secondary N) is 1. The van der Waals surface area contributed by atoms with E-state index < -0.39 is 5.92 Å². The third kappa shape index (κ3) is 2.24. The number of hydrogen-bond donors (Lipinski definition) is 1. The lowest BCUT2D eigenvalue weighted by Crippen LogP contribution is -2.19. The lowest BCUT2D eigenvalue weighted by Gasteiger charge is -2.18. The Morgan fingerprint density at radius 3 is 2.80 bits per heavy atom. The van der Waals surface area contributed by atoms with Crippen LogP contribution in [0.25, 0.3) is 0 Å². The summed E-state index contributed by atoms with van der Waals surface area (Å²) >= 11 is 0. The number of nitrogens with zero attached hydrogens (tertiary/aromatic N) is 3. The van der Waals surface area contributed by atoms with Crippen molar-refractivity contribution in [3.05, 3.63) is 53.6 Å². The SMILES string of the molecule is N#CC(c1ccc2c(c1)CCC(=O)N2)c1ncccn1. The summed E-state index contributed by atoms with van der Waals surface area (Å²) in [5, 5.41) is 12.2. The maximum absolute atomic E-state index is 11.3. The first-order valence-corrected chi connectivity index (χ1v) is 6.37. The van der Waals surface area contributed by atoms with E-state index in [4.69, 9.17) is 0 Å². The Bertz CT molecular complexity index is 691. The van der Waals surface area contributed by atoms with Crippen LogP contribution in [0.1, 0.15) is 29.3 Å². The van der Waals surface area contributed by atoms with Gasteiger partial charge in [0.05, 0.1) is 6.07 Å². The molecule has 1 atom stereocenters. The molecule has 20 heavy (non-hydrogen) atoms. The minimum Gasteiger partial charge on any atom is -0.326 e. The molecule has 0 aliphatic carbocycles. The number of rotatable bonds is 2. The van der Waals surface area contributed by atoms with Gasteiger partial charge in [-0.1, -0.05) is 12.1 Å². The molecule has 1 aromatic carbocycles. The summed E-state index contributed by atoms with van der Waals surface area (Å²) in [5.74, 6) is 0.0439. The first-order valence-electron chi connectivity index (χ1n) is 6.37. The van der Waals surface area contributed by atoms with Crippen molar-refractivity contribution in [1.29, 1.82) is 5.26 Å². The number of amides is 1. The molecule has 0 saturated carbocycles. The van der Waals surface area contributed by atoms with E-state index in [-0.39, 0.29) is 5.91 Å². The minimum atomic E-state index is -0.487. The third-order valence-corrected chi connectivity index (χ3v) is 3.33. The van der Waals surface area contributed by atoms with Crippen LogP contribution in [0, 0.1) is 11.3 Å². The van der Waals surface area contributed by atoms with Crippen molar-refractivity contribution >= 4 is 11.6 Å². The smallest absolute Gasteiger partial charge is 0.224 e. The maximum atomic E-state index is 11.3. The summed E-state index contributed by atoms with van der Waals surface area (Å²) in [6, 6.07) is 9.60. The molecule has 1 amide bonds. The molecule has 1 unspecified atom stereocenters. The van der Waals surface area contributed by atoms with Gasteiger partial charge in [0.15, 0.2) is 0 Å². The fraction of sp³-hybridized carbons (Fsp3) is 0.200. The summed E-state index contributed by atoms with van der Waals surface area (Å²) < 4.78 is 0. The van der Waals surface area contributed by atoms with Gasteiger partial charge in [-0.3, -0.25) is 4.79 Å². The molecule has 5 nitrogen and oxygen atoms in total. The molecule has 1 aliphatic heterocycles. The minimum absolute atomic E-state index is 0.0356. The zero-order valence-electron chi connectivity index (χ0n) is 10.7. The van der Waals surface area contributed by atoms with Crippen LogP contribution in [0.2, 0.25) is 0 Å². The molecule has 1 N–H and O–H groups in total. The van der Waals surface area contributed by atoms with Gasteiger partial charge in [0, 0.05) is 24.5 Å². The Hall–Kier alpha value is -2.74. The quantitative estimate of drug-likeness (QED) is 0.900. The fourth-order valence-corrected chi connectivity index (χ4v) is 2.32. The van der Waals surface area contributed by atoms with Crippen LogP contribution in [0.5, 0.6) is 0 Å². The van der Waals surface area contributed by atoms with Crippen molar-refractivity contribution < 1.29 is 4.79 Å². The molecule has 0 bridgehead atoms. The average Bonchev–Trinajstić information content (AvgIpc) is 2.49. The van der Waals surface area contributed by atoms with Gasteiger partial charge >= 0.3 is 0 Å². The van der Waals surface area contributed by atoms with Crippen LogP contribution >= 0.6 is 0 Å². The second-order valence-corrected chi connectivity index (χ2v) is 4.63. The predicted octanol–water partition coefficient (Wildman–Crippen LogP) is 2.02. The van der Waals surface area contributed by atoms with Crippen molar-refractivity contribution in [2.45, 2.75) is 18.8 Å². The number of aryl methyl sites for hydroxylation is 1. The number of hydrogen-bond acceptors (Lipinski definition) is 4. The van der Waals surface area contributed by atoms with Crippen molar-refractivity contribution in [2.24, 2.45) is 0 Å². The Kier molecular flexibility index (Phi) is 3.13. The molecule has 3 rings (SSSR count). The van der Waals surface area contributed by atoms with Crippen LogP contribution in [0.4, 0.5) is 5.69 Å². The molecule has 0 saturated heterocycles. The zero-order valence-corrected chi connectivity index (χ0v) is 10.7. The number of aromatic nitrogens is 2. The van der Waals surface area contributed by atoms with Crippen molar-refractivity contribution in [2.75, 3.05) is 5.32 Å². The molecule has 0 radical (unpaired) electrons. The lowest BCUT2D eigenvalue weighted by atomic mass is 9.94. The highest BCUT2D eigenvalue weighted by molar-refractivity contribution is 5.93. The van der Waals surface area contributed by atoms with E-state index in [1.54, 1.807) is 18.5 Å². The van der Waals surface area contributed by atoms with Crippen LogP contribution in [0.15, 0.2) is 36.7 Å². The van der Waals surface area contributed by atoms with E-state index in [1.165, 1.54) is 0 Å². The van der Waals surface area contributed by atoms with Crippen LogP contribution < -0.4 is 5.32 Å². The van der Waals surface area contributed by atoms with E-state index in [2.05, 4.69) is 21.4 Å². The maximum Gasteiger partial charge on any atom is 0.224 e. The third-order valence-electron chi connectivity index (χ3n) is 3.33. The second-order valence-electron chi connectivity index (χ2n) is 4.63. The van der Waals surface area contributed by atoms with E-state index in [0.29, 0.717) is 18.7 Å². The Morgan fingerprint density at radius 2 is 2.05 bits per heavy atom. The van der Waals surface area contributed by atoms with Gasteiger partial charge in [-0.05, 0) is 29.7 Å². The summed E-state index contributed by atoms with van der Waals surface area (Å²) in [6.45, 7) is 0. The van der Waals surface area contributed by atoms with Gasteiger partial charge < -0.3 is 5.32 Å². The largest absolute Gasteiger partial charge is 0.326 e. The number of fused-ring (bicyclic) bond motifs is 1. The van der Waals surface area contributed by atoms with Gasteiger partial charge in [0.25, 0.3) is 0 Å². The molecule has 0 fully saturated rings. The average molecular weight is 264 g/mol. The summed E-state index contributed by atoms with van der Waals surface area (Å²) in [5.41, 5.74) is 2.74. The number of anilines is 1. The van der Waals surface area contributed by atoms with Gasteiger partial charge in [0.1, 0.15) is 11.7 Å². The summed E-state index contributed by atoms with van der Waals surface area (Å²) in [4.78, 5) is 19.6. The van der Waals surface area contributed by atoms with Crippen molar-refractivity contribution in [3.63, 3.8) is 0 Å². The zero-order chi connectivity index (χ0) is 13.9. The lowest BCUT2D eigenvalue weighted by molar-refractivity contribution is -0.116. The van der Waals surface area contributed by atoms with Crippen LogP contribution in [0.3, 0.4) is 0 Å². The highest BCUT2D eigenvalue weighted by atomic mass is 16.1. The van der Waals surface area contributed by atoms with Gasteiger partial charge in [-0.2, -0.15) is 5.26 Å². The second kappa shape index (κ2) is 5.10. The normalized spacial score (nSPS) is 14.8. The molecule has 2 aromatic rings. The Labute approximate surface area is 116 Å². The Balaban J connectivity index is 1.98. The monoisotopic (exact) mass is 264 g/mol. The standard InChI is InChI=1S/C15H12N4O/c16-9-12(15-17-6-1-7-18-15)10-2-4-13-11(8-10)3-5-14(20)19-13/h1-2,4,6-8,12H,3,5H2,(H,19,20). The first-order chi connectivity index (χ1) is 9.78. The first kappa shape index (κ1) is 12.3. The molecule has 2 heterocycles. The van der Waals surface area contributed by atoms with E-state index in [9.17, 15) is 10.1 Å². The van der Waals surface area contributed by atoms with E-state index in [1.807, 2.05) is 18.2 Å². The Morgan fingerprint density at radius 1 is 1.25 bits per heavy atom. The topological polar surface area (TPSA) is 78.7 Å². The molecule has 98 valence electrons. The molecular formula is C15H12N4O. The number of benzene rings is 1. The van der Waals surface area contributed by atoms with Crippen molar-refractivity contribution in [1.82, 2.24) is 9.97 Å². The van der Waals surface area contributed by atoms with Gasteiger partial charge in [-0.25, -0.2) is 9.97 Å². The highest BCUT2D eigenvalue weighted by Gasteiger charge is 2.20. The number of carbonyl (C=O) groups is 1. The molecule has 1 aromatic heterocycles. The van der Waals surface area contributed by atoms with Crippen molar-refractivity contribution in [3.8, 4) is 6.07 Å². The molecular weight excluding hydrogens is 252 g/mol. The summed E-state index contributed by atoms with van der Waals surface area (Å²) in [7, 11) is 0. The highest BCUT2D eigenvalue weighted by Crippen LogP contribution is 2.28. The van der Waals surface area contributed by atoms with E-state index >= 15 is 0 Å². The van der Waals surface area contributed by atoms with Gasteiger partial charge in [-0.15, -0.1) is 0 Å². The fourth-order valence-electron chi connectivity index (χ4n) is 2.32. The number of nitriles is 1.